The Hall–Kier alpha value is -1.47. The minimum atomic E-state index is -0.472. The molecule has 1 aromatic heterocycles. The molecule has 0 unspecified atom stereocenters. The van der Waals surface area contributed by atoms with Crippen molar-refractivity contribution in [3.63, 3.8) is 0 Å². The third-order valence-corrected chi connectivity index (χ3v) is 4.60. The number of aromatic nitrogens is 1. The van der Waals surface area contributed by atoms with Crippen LogP contribution in [0.15, 0.2) is 5.38 Å². The summed E-state index contributed by atoms with van der Waals surface area (Å²) < 4.78 is 4.89. The number of thiazole rings is 1. The van der Waals surface area contributed by atoms with Crippen molar-refractivity contribution < 1.29 is 14.3 Å². The number of ether oxygens (including phenoxy) is 1. The van der Waals surface area contributed by atoms with Gasteiger partial charge in [0.05, 0.1) is 6.61 Å². The van der Waals surface area contributed by atoms with Crippen molar-refractivity contribution in [1.82, 2.24) is 14.8 Å². The molecular weight excluding hydrogens is 290 g/mol. The molecule has 2 heterocycles. The van der Waals surface area contributed by atoms with Crippen LogP contribution in [0.2, 0.25) is 0 Å². The van der Waals surface area contributed by atoms with Crippen LogP contribution in [0.5, 0.6) is 0 Å². The first kappa shape index (κ1) is 15.9. The van der Waals surface area contributed by atoms with Gasteiger partial charge in [0.15, 0.2) is 0 Å². The van der Waals surface area contributed by atoms with Crippen molar-refractivity contribution in [3.8, 4) is 0 Å². The lowest BCUT2D eigenvalue weighted by Gasteiger charge is -2.45. The molecule has 1 amide bonds. The molecule has 21 heavy (non-hydrogen) atoms. The Labute approximate surface area is 128 Å². The number of hydrogen-bond acceptors (Lipinski definition) is 6. The molecule has 1 saturated heterocycles. The summed E-state index contributed by atoms with van der Waals surface area (Å²) in [5.41, 5.74) is 0.261. The summed E-state index contributed by atoms with van der Waals surface area (Å²) in [5.74, 6) is -0.594. The van der Waals surface area contributed by atoms with E-state index < -0.39 is 5.97 Å². The van der Waals surface area contributed by atoms with Crippen molar-refractivity contribution in [2.75, 3.05) is 33.3 Å². The Balaban J connectivity index is 2.09. The van der Waals surface area contributed by atoms with Crippen LogP contribution in [0.4, 0.5) is 0 Å². The number of amides is 1. The van der Waals surface area contributed by atoms with E-state index in [1.165, 1.54) is 0 Å². The van der Waals surface area contributed by atoms with Gasteiger partial charge in [0.1, 0.15) is 5.69 Å². The lowest BCUT2D eigenvalue weighted by atomic mass is 9.99. The van der Waals surface area contributed by atoms with Crippen molar-refractivity contribution in [1.29, 1.82) is 0 Å². The molecule has 6 nitrogen and oxygen atoms in total. The summed E-state index contributed by atoms with van der Waals surface area (Å²) in [7, 11) is 2.06. The quantitative estimate of drug-likeness (QED) is 0.791. The average Bonchev–Trinajstić information content (AvgIpc) is 2.91. The number of hydrogen-bond donors (Lipinski definition) is 0. The summed E-state index contributed by atoms with van der Waals surface area (Å²) in [5, 5.41) is 1.86. The molecule has 1 fully saturated rings. The minimum absolute atomic E-state index is 0.0616. The fourth-order valence-electron chi connectivity index (χ4n) is 2.23. The second kappa shape index (κ2) is 6.11. The van der Waals surface area contributed by atoms with Crippen molar-refractivity contribution in [3.05, 3.63) is 16.1 Å². The van der Waals surface area contributed by atoms with Crippen LogP contribution in [0.1, 0.15) is 41.1 Å². The Morgan fingerprint density at radius 3 is 2.76 bits per heavy atom. The number of nitrogens with zero attached hydrogens (tertiary/aromatic N) is 3. The molecular formula is C14H21N3O3S. The van der Waals surface area contributed by atoms with E-state index in [1.807, 2.05) is 0 Å². The van der Waals surface area contributed by atoms with E-state index in [0.29, 0.717) is 25.4 Å². The standard InChI is InChI=1S/C14H21N3O3S/c1-5-20-13(19)11-15-10(8-21-11)12(18)17-7-6-16(4)14(2,3)9-17/h8H,5-7,9H2,1-4H3. The van der Waals surface area contributed by atoms with E-state index in [4.69, 9.17) is 4.74 Å². The van der Waals surface area contributed by atoms with Gasteiger partial charge in [-0.1, -0.05) is 0 Å². The molecule has 0 spiro atoms. The molecule has 116 valence electrons. The molecule has 0 atom stereocenters. The van der Waals surface area contributed by atoms with E-state index >= 15 is 0 Å². The first-order chi connectivity index (χ1) is 9.85. The van der Waals surface area contributed by atoms with Crippen LogP contribution >= 0.6 is 11.3 Å². The maximum atomic E-state index is 12.5. The van der Waals surface area contributed by atoms with Gasteiger partial charge in [-0.3, -0.25) is 9.69 Å². The number of rotatable bonds is 3. The van der Waals surface area contributed by atoms with Gasteiger partial charge in [-0.2, -0.15) is 0 Å². The van der Waals surface area contributed by atoms with E-state index in [0.717, 1.165) is 17.9 Å². The predicted octanol–water partition coefficient (Wildman–Crippen LogP) is 1.49. The molecule has 1 aliphatic heterocycles. The van der Waals surface area contributed by atoms with Crippen LogP contribution < -0.4 is 0 Å². The smallest absolute Gasteiger partial charge is 0.367 e. The molecule has 0 bridgehead atoms. The lowest BCUT2D eigenvalue weighted by molar-refractivity contribution is 0.0307. The summed E-state index contributed by atoms with van der Waals surface area (Å²) in [6.07, 6.45) is 0. The van der Waals surface area contributed by atoms with E-state index in [2.05, 4.69) is 30.8 Å². The molecule has 1 aliphatic rings. The maximum absolute atomic E-state index is 12.5. The third kappa shape index (κ3) is 3.41. The molecule has 0 radical (unpaired) electrons. The Bertz CT molecular complexity index is 541. The van der Waals surface area contributed by atoms with Gasteiger partial charge in [-0.25, -0.2) is 9.78 Å². The predicted molar refractivity (Wildman–Crippen MR) is 80.7 cm³/mol. The molecule has 2 rings (SSSR count). The average molecular weight is 311 g/mol. The number of likely N-dealkylation sites (N-methyl/N-ethyl adjacent to an activating group) is 1. The van der Waals surface area contributed by atoms with Gasteiger partial charge in [-0.05, 0) is 27.8 Å². The summed E-state index contributed by atoms with van der Waals surface area (Å²) >= 11 is 1.15. The molecule has 7 heteroatoms. The lowest BCUT2D eigenvalue weighted by Crippen LogP contribution is -2.58. The Morgan fingerprint density at radius 2 is 2.14 bits per heavy atom. The second-order valence-corrected chi connectivity index (χ2v) is 6.58. The number of esters is 1. The monoisotopic (exact) mass is 311 g/mol. The summed E-state index contributed by atoms with van der Waals surface area (Å²) in [6, 6.07) is 0. The second-order valence-electron chi connectivity index (χ2n) is 5.72. The van der Waals surface area contributed by atoms with Crippen LogP contribution in [0, 0.1) is 0 Å². The number of carbonyl (C=O) groups is 2. The van der Waals surface area contributed by atoms with Gasteiger partial charge in [-0.15, -0.1) is 11.3 Å². The van der Waals surface area contributed by atoms with Crippen molar-refractivity contribution in [2.45, 2.75) is 26.3 Å². The number of piperazine rings is 1. The summed E-state index contributed by atoms with van der Waals surface area (Å²) in [4.78, 5) is 32.2. The minimum Gasteiger partial charge on any atom is -0.461 e. The zero-order chi connectivity index (χ0) is 15.6. The highest BCUT2D eigenvalue weighted by atomic mass is 32.1. The van der Waals surface area contributed by atoms with E-state index in [1.54, 1.807) is 17.2 Å². The van der Waals surface area contributed by atoms with E-state index in [9.17, 15) is 9.59 Å². The molecule has 0 aliphatic carbocycles. The highest BCUT2D eigenvalue weighted by Gasteiger charge is 2.34. The Kier molecular flexibility index (Phi) is 4.63. The number of carbonyl (C=O) groups excluding carboxylic acids is 2. The van der Waals surface area contributed by atoms with Gasteiger partial charge < -0.3 is 9.64 Å². The maximum Gasteiger partial charge on any atom is 0.367 e. The van der Waals surface area contributed by atoms with Crippen LogP contribution in [0.25, 0.3) is 0 Å². The van der Waals surface area contributed by atoms with E-state index in [-0.39, 0.29) is 16.5 Å². The highest BCUT2D eigenvalue weighted by molar-refractivity contribution is 7.11. The molecule has 0 saturated carbocycles. The largest absolute Gasteiger partial charge is 0.461 e. The molecule has 0 N–H and O–H groups in total. The highest BCUT2D eigenvalue weighted by Crippen LogP contribution is 2.21. The topological polar surface area (TPSA) is 62.7 Å². The normalized spacial score (nSPS) is 18.6. The SMILES string of the molecule is CCOC(=O)c1nc(C(=O)N2CCN(C)C(C)(C)C2)cs1. The van der Waals surface area contributed by atoms with Crippen molar-refractivity contribution in [2.24, 2.45) is 0 Å². The van der Waals surface area contributed by atoms with Crippen LogP contribution in [-0.4, -0.2) is 65.5 Å². The molecule has 0 aromatic carbocycles. The van der Waals surface area contributed by atoms with Gasteiger partial charge in [0, 0.05) is 30.6 Å². The van der Waals surface area contributed by atoms with Crippen molar-refractivity contribution >= 4 is 23.2 Å². The zero-order valence-corrected chi connectivity index (χ0v) is 13.7. The first-order valence-corrected chi connectivity index (χ1v) is 7.86. The van der Waals surface area contributed by atoms with Gasteiger partial charge >= 0.3 is 5.97 Å². The third-order valence-electron chi connectivity index (χ3n) is 3.78. The van der Waals surface area contributed by atoms with Gasteiger partial charge in [0.25, 0.3) is 5.91 Å². The first-order valence-electron chi connectivity index (χ1n) is 6.98. The fraction of sp³-hybridized carbons (Fsp3) is 0.643. The fourth-order valence-corrected chi connectivity index (χ4v) is 2.92. The molecule has 1 aromatic rings. The van der Waals surface area contributed by atoms with Crippen LogP contribution in [-0.2, 0) is 4.74 Å². The Morgan fingerprint density at radius 1 is 1.43 bits per heavy atom. The zero-order valence-electron chi connectivity index (χ0n) is 12.9. The van der Waals surface area contributed by atoms with Gasteiger partial charge in [0.2, 0.25) is 5.01 Å². The van der Waals surface area contributed by atoms with Crippen LogP contribution in [0.3, 0.4) is 0 Å². The summed E-state index contributed by atoms with van der Waals surface area (Å²) in [6.45, 7) is 8.40.